The highest BCUT2D eigenvalue weighted by atomic mass is 19.1. The fourth-order valence-corrected chi connectivity index (χ4v) is 1.54. The first-order valence-electron chi connectivity index (χ1n) is 5.61. The van der Waals surface area contributed by atoms with E-state index >= 15 is 0 Å². The van der Waals surface area contributed by atoms with Crippen molar-refractivity contribution in [1.29, 1.82) is 0 Å². The average Bonchev–Trinajstić information content (AvgIpc) is 2.40. The highest BCUT2D eigenvalue weighted by molar-refractivity contribution is 5.27. The quantitative estimate of drug-likeness (QED) is 0.798. The van der Waals surface area contributed by atoms with Crippen molar-refractivity contribution in [2.24, 2.45) is 0 Å². The van der Waals surface area contributed by atoms with Gasteiger partial charge in [-0.2, -0.15) is 0 Å². The molecule has 94 valence electrons. The lowest BCUT2D eigenvalue weighted by atomic mass is 10.2. The summed E-state index contributed by atoms with van der Waals surface area (Å²) in [6, 6.07) is 13.6. The topological polar surface area (TPSA) is 41.5 Å². The molecule has 0 aliphatic rings. The molecule has 0 saturated heterocycles. The summed E-state index contributed by atoms with van der Waals surface area (Å²) >= 11 is 0. The maximum Gasteiger partial charge on any atom is 0.123 e. The number of benzene rings is 2. The third-order valence-corrected chi connectivity index (χ3v) is 2.53. The molecule has 3 nitrogen and oxygen atoms in total. The third-order valence-electron chi connectivity index (χ3n) is 2.53. The Morgan fingerprint density at radius 2 is 1.56 bits per heavy atom. The van der Waals surface area contributed by atoms with E-state index in [4.69, 9.17) is 9.94 Å². The molecule has 18 heavy (non-hydrogen) atoms. The molecular formula is C14H14FNO2. The van der Waals surface area contributed by atoms with Gasteiger partial charge in [0.2, 0.25) is 0 Å². The van der Waals surface area contributed by atoms with E-state index in [2.05, 4.69) is 5.48 Å². The van der Waals surface area contributed by atoms with Crippen LogP contribution in [0.5, 0.6) is 5.75 Å². The minimum absolute atomic E-state index is 0.250. The zero-order valence-electron chi connectivity index (χ0n) is 9.77. The number of ether oxygens (including phenoxy) is 1. The van der Waals surface area contributed by atoms with E-state index in [-0.39, 0.29) is 5.82 Å². The first-order chi connectivity index (χ1) is 8.78. The van der Waals surface area contributed by atoms with Crippen molar-refractivity contribution in [2.45, 2.75) is 13.2 Å². The second-order valence-electron chi connectivity index (χ2n) is 3.89. The maximum absolute atomic E-state index is 12.7. The number of hydrogen-bond acceptors (Lipinski definition) is 3. The van der Waals surface area contributed by atoms with Crippen LogP contribution in [0.4, 0.5) is 4.39 Å². The van der Waals surface area contributed by atoms with Crippen LogP contribution in [0.2, 0.25) is 0 Å². The summed E-state index contributed by atoms with van der Waals surface area (Å²) in [4.78, 5) is 0. The smallest absolute Gasteiger partial charge is 0.123 e. The van der Waals surface area contributed by atoms with E-state index in [0.717, 1.165) is 16.9 Å². The van der Waals surface area contributed by atoms with Crippen molar-refractivity contribution in [1.82, 2.24) is 5.48 Å². The van der Waals surface area contributed by atoms with Gasteiger partial charge in [0.15, 0.2) is 0 Å². The van der Waals surface area contributed by atoms with E-state index in [1.54, 1.807) is 12.1 Å². The summed E-state index contributed by atoms with van der Waals surface area (Å²) in [6.07, 6.45) is 0. The van der Waals surface area contributed by atoms with Crippen LogP contribution >= 0.6 is 0 Å². The van der Waals surface area contributed by atoms with Gasteiger partial charge in [0.05, 0.1) is 0 Å². The van der Waals surface area contributed by atoms with Gasteiger partial charge in [-0.1, -0.05) is 24.3 Å². The van der Waals surface area contributed by atoms with Crippen LogP contribution in [0.25, 0.3) is 0 Å². The zero-order valence-corrected chi connectivity index (χ0v) is 9.77. The standard InChI is InChI=1S/C14H14FNO2/c15-13-5-1-12(2-6-13)10-18-14-7-3-11(4-8-14)9-16-17/h1-8,16-17H,9-10H2. The van der Waals surface area contributed by atoms with Gasteiger partial charge in [-0.3, -0.25) is 0 Å². The van der Waals surface area contributed by atoms with Crippen LogP contribution < -0.4 is 10.2 Å². The van der Waals surface area contributed by atoms with Crippen LogP contribution in [0.1, 0.15) is 11.1 Å². The maximum atomic E-state index is 12.7. The van der Waals surface area contributed by atoms with Crippen LogP contribution in [0.3, 0.4) is 0 Å². The summed E-state index contributed by atoms with van der Waals surface area (Å²) in [6.45, 7) is 0.802. The lowest BCUT2D eigenvalue weighted by molar-refractivity contribution is 0.161. The second kappa shape index (κ2) is 6.14. The molecule has 0 amide bonds. The van der Waals surface area contributed by atoms with Crippen molar-refractivity contribution >= 4 is 0 Å². The van der Waals surface area contributed by atoms with E-state index in [1.807, 2.05) is 24.3 Å². The SMILES string of the molecule is ONCc1ccc(OCc2ccc(F)cc2)cc1. The number of hydroxylamine groups is 1. The minimum Gasteiger partial charge on any atom is -0.489 e. The number of hydrogen-bond donors (Lipinski definition) is 2. The number of halogens is 1. The molecule has 0 atom stereocenters. The van der Waals surface area contributed by atoms with E-state index in [9.17, 15) is 4.39 Å². The van der Waals surface area contributed by atoms with Crippen molar-refractivity contribution in [3.05, 3.63) is 65.5 Å². The highest BCUT2D eigenvalue weighted by Crippen LogP contribution is 2.14. The molecule has 2 aromatic rings. The van der Waals surface area contributed by atoms with Crippen molar-refractivity contribution in [3.63, 3.8) is 0 Å². The van der Waals surface area contributed by atoms with E-state index in [0.29, 0.717) is 13.2 Å². The van der Waals surface area contributed by atoms with Crippen LogP contribution in [0.15, 0.2) is 48.5 Å². The lowest BCUT2D eigenvalue weighted by Gasteiger charge is -2.07. The average molecular weight is 247 g/mol. The fourth-order valence-electron chi connectivity index (χ4n) is 1.54. The minimum atomic E-state index is -0.250. The molecule has 0 aliphatic carbocycles. The first-order valence-corrected chi connectivity index (χ1v) is 5.61. The lowest BCUT2D eigenvalue weighted by Crippen LogP contribution is -2.05. The predicted molar refractivity (Wildman–Crippen MR) is 65.8 cm³/mol. The highest BCUT2D eigenvalue weighted by Gasteiger charge is 1.97. The largest absolute Gasteiger partial charge is 0.489 e. The third kappa shape index (κ3) is 3.55. The molecular weight excluding hydrogens is 233 g/mol. The number of rotatable bonds is 5. The summed E-state index contributed by atoms with van der Waals surface area (Å²) in [5, 5.41) is 8.55. The van der Waals surface area contributed by atoms with Crippen molar-refractivity contribution in [3.8, 4) is 5.75 Å². The molecule has 2 N–H and O–H groups in total. The summed E-state index contributed by atoms with van der Waals surface area (Å²) in [5.74, 6) is 0.487. The van der Waals surface area contributed by atoms with Crippen LogP contribution in [-0.2, 0) is 13.2 Å². The van der Waals surface area contributed by atoms with Crippen LogP contribution in [-0.4, -0.2) is 5.21 Å². The van der Waals surface area contributed by atoms with Crippen LogP contribution in [0, 0.1) is 5.82 Å². The monoisotopic (exact) mass is 247 g/mol. The molecule has 4 heteroatoms. The Morgan fingerprint density at radius 3 is 2.17 bits per heavy atom. The van der Waals surface area contributed by atoms with E-state index in [1.165, 1.54) is 12.1 Å². The normalized spacial score (nSPS) is 10.3. The predicted octanol–water partition coefficient (Wildman–Crippen LogP) is 2.88. The molecule has 0 heterocycles. The van der Waals surface area contributed by atoms with Gasteiger partial charge in [0.25, 0.3) is 0 Å². The van der Waals surface area contributed by atoms with Gasteiger partial charge in [-0.05, 0) is 35.4 Å². The molecule has 2 rings (SSSR count). The van der Waals surface area contributed by atoms with Crippen molar-refractivity contribution in [2.75, 3.05) is 0 Å². The Hall–Kier alpha value is -1.91. The molecule has 0 spiro atoms. The summed E-state index contributed by atoms with van der Waals surface area (Å²) in [7, 11) is 0. The van der Waals surface area contributed by atoms with Gasteiger partial charge in [-0.25, -0.2) is 9.87 Å². The number of nitrogens with one attached hydrogen (secondary N) is 1. The molecule has 2 aromatic carbocycles. The molecule has 0 aromatic heterocycles. The molecule has 0 fully saturated rings. The first kappa shape index (κ1) is 12.5. The Kier molecular flexibility index (Phi) is 4.28. The van der Waals surface area contributed by atoms with Gasteiger partial charge in [0.1, 0.15) is 18.2 Å². The fraction of sp³-hybridized carbons (Fsp3) is 0.143. The Morgan fingerprint density at radius 1 is 0.944 bits per heavy atom. The molecule has 0 unspecified atom stereocenters. The summed E-state index contributed by atoms with van der Waals surface area (Å²) < 4.78 is 18.3. The van der Waals surface area contributed by atoms with Gasteiger partial charge >= 0.3 is 0 Å². The molecule has 0 saturated carbocycles. The Bertz CT molecular complexity index is 482. The Balaban J connectivity index is 1.91. The summed E-state index contributed by atoms with van der Waals surface area (Å²) in [5.41, 5.74) is 3.97. The van der Waals surface area contributed by atoms with Gasteiger partial charge in [0, 0.05) is 6.54 Å². The van der Waals surface area contributed by atoms with Gasteiger partial charge in [-0.15, -0.1) is 0 Å². The second-order valence-corrected chi connectivity index (χ2v) is 3.89. The van der Waals surface area contributed by atoms with Crippen molar-refractivity contribution < 1.29 is 14.3 Å². The van der Waals surface area contributed by atoms with E-state index < -0.39 is 0 Å². The molecule has 0 radical (unpaired) electrons. The zero-order chi connectivity index (χ0) is 12.8. The molecule has 0 bridgehead atoms. The molecule has 0 aliphatic heterocycles. The Labute approximate surface area is 105 Å². The van der Waals surface area contributed by atoms with Gasteiger partial charge < -0.3 is 9.94 Å².